The summed E-state index contributed by atoms with van der Waals surface area (Å²) < 4.78 is 10.8. The van der Waals surface area contributed by atoms with Crippen LogP contribution in [-0.4, -0.2) is 30.3 Å². The second kappa shape index (κ2) is 5.07. The maximum Gasteiger partial charge on any atom is 0.262 e. The van der Waals surface area contributed by atoms with Crippen molar-refractivity contribution in [3.8, 4) is 5.75 Å². The van der Waals surface area contributed by atoms with Crippen molar-refractivity contribution >= 4 is 11.6 Å². The van der Waals surface area contributed by atoms with Crippen molar-refractivity contribution in [2.24, 2.45) is 0 Å². The lowest BCUT2D eigenvalue weighted by Crippen LogP contribution is -2.40. The van der Waals surface area contributed by atoms with Crippen molar-refractivity contribution in [3.05, 3.63) is 23.8 Å². The van der Waals surface area contributed by atoms with Crippen LogP contribution < -0.4 is 10.1 Å². The first-order chi connectivity index (χ1) is 9.62. The Bertz CT molecular complexity index is 519. The number of hydrogen-bond donors (Lipinski definition) is 2. The quantitative estimate of drug-likeness (QED) is 0.883. The van der Waals surface area contributed by atoms with Crippen LogP contribution in [0.2, 0.25) is 0 Å². The number of methoxy groups -OCH3 is 1. The van der Waals surface area contributed by atoms with Crippen LogP contribution in [0, 0.1) is 0 Å². The van der Waals surface area contributed by atoms with Gasteiger partial charge in [-0.2, -0.15) is 0 Å². The average Bonchev–Trinajstić information content (AvgIpc) is 2.41. The van der Waals surface area contributed by atoms with Gasteiger partial charge in [0.25, 0.3) is 5.91 Å². The first-order valence-electron chi connectivity index (χ1n) is 6.92. The topological polar surface area (TPSA) is 67.8 Å². The SMILES string of the molecule is COC1(CC(O)c2ccc3c(c2)NC(=O)CO3)CCC1. The molecule has 0 saturated heterocycles. The first-order valence-corrected chi connectivity index (χ1v) is 6.92. The molecule has 2 aliphatic rings. The Morgan fingerprint density at radius 2 is 2.30 bits per heavy atom. The molecule has 1 saturated carbocycles. The summed E-state index contributed by atoms with van der Waals surface area (Å²) in [6.45, 7) is 0.0433. The fourth-order valence-corrected chi connectivity index (χ4v) is 2.84. The number of benzene rings is 1. The summed E-state index contributed by atoms with van der Waals surface area (Å²) in [6, 6.07) is 5.40. The molecule has 1 aliphatic heterocycles. The third kappa shape index (κ3) is 2.39. The Hall–Kier alpha value is -1.59. The van der Waals surface area contributed by atoms with Gasteiger partial charge in [-0.05, 0) is 37.0 Å². The molecule has 1 aliphatic carbocycles. The summed E-state index contributed by atoms with van der Waals surface area (Å²) in [6.07, 6.45) is 3.11. The van der Waals surface area contributed by atoms with Gasteiger partial charge in [-0.25, -0.2) is 0 Å². The zero-order valence-electron chi connectivity index (χ0n) is 11.5. The lowest BCUT2D eigenvalue weighted by molar-refractivity contribution is -0.118. The molecular weight excluding hydrogens is 258 g/mol. The van der Waals surface area contributed by atoms with Gasteiger partial charge in [0.15, 0.2) is 6.61 Å². The number of nitrogens with one attached hydrogen (secondary N) is 1. The minimum absolute atomic E-state index is 0.0433. The molecule has 0 aromatic heterocycles. The van der Waals surface area contributed by atoms with Crippen LogP contribution in [0.25, 0.3) is 0 Å². The van der Waals surface area contributed by atoms with Crippen molar-refractivity contribution < 1.29 is 19.4 Å². The van der Waals surface area contributed by atoms with E-state index in [0.29, 0.717) is 17.9 Å². The number of aliphatic hydroxyl groups is 1. The van der Waals surface area contributed by atoms with Gasteiger partial charge < -0.3 is 19.9 Å². The number of anilines is 1. The third-order valence-corrected chi connectivity index (χ3v) is 4.28. The van der Waals surface area contributed by atoms with Crippen LogP contribution in [0.3, 0.4) is 0 Å². The molecule has 0 radical (unpaired) electrons. The zero-order chi connectivity index (χ0) is 14.2. The zero-order valence-corrected chi connectivity index (χ0v) is 11.5. The molecule has 3 rings (SSSR count). The first kappa shape index (κ1) is 13.4. The van der Waals surface area contributed by atoms with E-state index in [0.717, 1.165) is 24.8 Å². The lowest BCUT2D eigenvalue weighted by Gasteiger charge is -2.42. The van der Waals surface area contributed by atoms with Gasteiger partial charge in [-0.1, -0.05) is 6.07 Å². The van der Waals surface area contributed by atoms with Crippen LogP contribution in [0.1, 0.15) is 37.4 Å². The van der Waals surface area contributed by atoms with Gasteiger partial charge >= 0.3 is 0 Å². The molecular formula is C15H19NO4. The molecule has 1 aromatic carbocycles. The summed E-state index contributed by atoms with van der Waals surface area (Å²) >= 11 is 0. The third-order valence-electron chi connectivity index (χ3n) is 4.28. The highest BCUT2D eigenvalue weighted by molar-refractivity contribution is 5.95. The maximum absolute atomic E-state index is 11.3. The van der Waals surface area contributed by atoms with Crippen molar-refractivity contribution in [3.63, 3.8) is 0 Å². The standard InChI is InChI=1S/C15H19NO4/c1-19-15(5-2-6-15)8-12(17)10-3-4-13-11(7-10)16-14(18)9-20-13/h3-4,7,12,17H,2,5-6,8-9H2,1H3,(H,16,18). The Kier molecular flexibility index (Phi) is 3.40. The number of hydrogen-bond acceptors (Lipinski definition) is 4. The van der Waals surface area contributed by atoms with Crippen LogP contribution in [-0.2, 0) is 9.53 Å². The number of rotatable bonds is 4. The van der Waals surface area contributed by atoms with Gasteiger partial charge in [0.2, 0.25) is 0 Å². The van der Waals surface area contributed by atoms with Gasteiger partial charge in [-0.15, -0.1) is 0 Å². The van der Waals surface area contributed by atoms with Crippen LogP contribution >= 0.6 is 0 Å². The molecule has 1 amide bonds. The maximum atomic E-state index is 11.3. The summed E-state index contributed by atoms with van der Waals surface area (Å²) in [5, 5.41) is 13.1. The number of carbonyl (C=O) groups is 1. The number of ether oxygens (including phenoxy) is 2. The molecule has 20 heavy (non-hydrogen) atoms. The lowest BCUT2D eigenvalue weighted by atomic mass is 9.75. The Labute approximate surface area is 117 Å². The van der Waals surface area contributed by atoms with Crippen LogP contribution in [0.4, 0.5) is 5.69 Å². The molecule has 0 bridgehead atoms. The summed E-state index contributed by atoms with van der Waals surface area (Å²) in [5.74, 6) is 0.474. The van der Waals surface area contributed by atoms with E-state index < -0.39 is 6.10 Å². The fraction of sp³-hybridized carbons (Fsp3) is 0.533. The Morgan fingerprint density at radius 1 is 1.50 bits per heavy atom. The van der Waals surface area contributed by atoms with Crippen molar-refractivity contribution in [1.29, 1.82) is 0 Å². The largest absolute Gasteiger partial charge is 0.482 e. The molecule has 5 heteroatoms. The van der Waals surface area contributed by atoms with Gasteiger partial charge in [0, 0.05) is 13.5 Å². The smallest absolute Gasteiger partial charge is 0.262 e. The van der Waals surface area contributed by atoms with E-state index in [2.05, 4.69) is 5.32 Å². The molecule has 2 N–H and O–H groups in total. The van der Waals surface area contributed by atoms with E-state index in [-0.39, 0.29) is 18.1 Å². The fourth-order valence-electron chi connectivity index (χ4n) is 2.84. The molecule has 0 spiro atoms. The molecule has 5 nitrogen and oxygen atoms in total. The van der Waals surface area contributed by atoms with E-state index in [9.17, 15) is 9.90 Å². The Balaban J connectivity index is 1.76. The van der Waals surface area contributed by atoms with Crippen LogP contribution in [0.15, 0.2) is 18.2 Å². The molecule has 1 aromatic rings. The minimum Gasteiger partial charge on any atom is -0.482 e. The van der Waals surface area contributed by atoms with Crippen molar-refractivity contribution in [2.45, 2.75) is 37.4 Å². The average molecular weight is 277 g/mol. The number of carbonyl (C=O) groups excluding carboxylic acids is 1. The number of amides is 1. The highest BCUT2D eigenvalue weighted by Gasteiger charge is 2.39. The minimum atomic E-state index is -0.598. The highest BCUT2D eigenvalue weighted by atomic mass is 16.5. The summed E-state index contributed by atoms with van der Waals surface area (Å²) in [4.78, 5) is 11.3. The van der Waals surface area contributed by atoms with E-state index in [1.54, 1.807) is 19.2 Å². The van der Waals surface area contributed by atoms with E-state index >= 15 is 0 Å². The predicted octanol–water partition coefficient (Wildman–Crippen LogP) is 2.01. The second-order valence-electron chi connectivity index (χ2n) is 5.55. The number of fused-ring (bicyclic) bond motifs is 1. The van der Waals surface area contributed by atoms with E-state index in [1.165, 1.54) is 0 Å². The van der Waals surface area contributed by atoms with Crippen molar-refractivity contribution in [2.75, 3.05) is 19.0 Å². The molecule has 1 atom stereocenters. The monoisotopic (exact) mass is 277 g/mol. The molecule has 1 fully saturated rings. The summed E-state index contributed by atoms with van der Waals surface area (Å²) in [7, 11) is 1.70. The number of aliphatic hydroxyl groups excluding tert-OH is 1. The highest BCUT2D eigenvalue weighted by Crippen LogP contribution is 2.42. The van der Waals surface area contributed by atoms with Gasteiger partial charge in [0.1, 0.15) is 5.75 Å². The summed E-state index contributed by atoms with van der Waals surface area (Å²) in [5.41, 5.74) is 1.21. The normalized spacial score (nSPS) is 21.2. The molecule has 1 unspecified atom stereocenters. The van der Waals surface area contributed by atoms with Gasteiger partial charge in [-0.3, -0.25) is 4.79 Å². The predicted molar refractivity (Wildman–Crippen MR) is 73.7 cm³/mol. The molecule has 108 valence electrons. The second-order valence-corrected chi connectivity index (χ2v) is 5.55. The Morgan fingerprint density at radius 3 is 2.95 bits per heavy atom. The van der Waals surface area contributed by atoms with Crippen molar-refractivity contribution in [1.82, 2.24) is 0 Å². The van der Waals surface area contributed by atoms with E-state index in [4.69, 9.17) is 9.47 Å². The van der Waals surface area contributed by atoms with E-state index in [1.807, 2.05) is 6.07 Å². The van der Waals surface area contributed by atoms with Crippen LogP contribution in [0.5, 0.6) is 5.75 Å². The molecule has 1 heterocycles. The van der Waals surface area contributed by atoms with Gasteiger partial charge in [0.05, 0.1) is 17.4 Å².